The number of aromatic nitrogens is 1. The van der Waals surface area contributed by atoms with Crippen LogP contribution in [0.15, 0.2) is 57.7 Å². The van der Waals surface area contributed by atoms with E-state index in [2.05, 4.69) is 4.98 Å². The second kappa shape index (κ2) is 6.19. The van der Waals surface area contributed by atoms with Crippen LogP contribution in [0.5, 0.6) is 5.75 Å². The smallest absolute Gasteiger partial charge is 0.336 e. The van der Waals surface area contributed by atoms with E-state index in [0.29, 0.717) is 16.9 Å². The zero-order valence-corrected chi connectivity index (χ0v) is 14.5. The number of hydrogen-bond donors (Lipinski definition) is 1. The number of H-pyrrole nitrogens is 1. The van der Waals surface area contributed by atoms with Crippen LogP contribution in [0.3, 0.4) is 0 Å². The molecular formula is C21H17NO4. The third kappa shape index (κ3) is 2.77. The van der Waals surface area contributed by atoms with E-state index in [9.17, 15) is 9.59 Å². The lowest BCUT2D eigenvalue weighted by molar-refractivity contribution is 0.0922. The summed E-state index contributed by atoms with van der Waals surface area (Å²) in [7, 11) is 0. The summed E-state index contributed by atoms with van der Waals surface area (Å²) >= 11 is 0. The van der Waals surface area contributed by atoms with Crippen molar-refractivity contribution in [1.82, 2.24) is 4.98 Å². The van der Waals surface area contributed by atoms with Crippen molar-refractivity contribution in [3.05, 3.63) is 75.8 Å². The SMILES string of the molecule is Cc1[nH]c2ccccc2c1C(=O)COc1ccc2c(C)cc(=O)oc2c1. The fraction of sp³-hybridized carbons (Fsp3) is 0.143. The molecule has 5 nitrogen and oxygen atoms in total. The molecule has 0 fully saturated rings. The van der Waals surface area contributed by atoms with Gasteiger partial charge in [0.2, 0.25) is 5.78 Å². The average molecular weight is 347 g/mol. The number of ketones is 1. The number of rotatable bonds is 4. The number of benzene rings is 2. The molecule has 0 aliphatic heterocycles. The maximum atomic E-state index is 12.7. The Bertz CT molecular complexity index is 1200. The number of Topliss-reactive ketones (excluding diaryl/α,β-unsaturated/α-hetero) is 1. The first kappa shape index (κ1) is 16.1. The highest BCUT2D eigenvalue weighted by molar-refractivity contribution is 6.09. The number of para-hydroxylation sites is 1. The maximum absolute atomic E-state index is 12.7. The van der Waals surface area contributed by atoms with Crippen LogP contribution >= 0.6 is 0 Å². The summed E-state index contributed by atoms with van der Waals surface area (Å²) in [5.74, 6) is 0.378. The van der Waals surface area contributed by atoms with Gasteiger partial charge in [-0.3, -0.25) is 4.79 Å². The second-order valence-corrected chi connectivity index (χ2v) is 6.29. The number of aromatic amines is 1. The Kier molecular flexibility index (Phi) is 3.84. The normalized spacial score (nSPS) is 11.2. The summed E-state index contributed by atoms with van der Waals surface area (Å²) in [5.41, 5.74) is 3.27. The van der Waals surface area contributed by atoms with Crippen molar-refractivity contribution in [1.29, 1.82) is 0 Å². The number of carbonyl (C=O) groups excluding carboxylic acids is 1. The van der Waals surface area contributed by atoms with E-state index >= 15 is 0 Å². The molecule has 5 heteroatoms. The van der Waals surface area contributed by atoms with Crippen molar-refractivity contribution in [3.8, 4) is 5.75 Å². The lowest BCUT2D eigenvalue weighted by Crippen LogP contribution is -2.12. The van der Waals surface area contributed by atoms with Crippen LogP contribution < -0.4 is 10.4 Å². The van der Waals surface area contributed by atoms with Gasteiger partial charge in [0.25, 0.3) is 0 Å². The predicted octanol–water partition coefficient (Wildman–Crippen LogP) is 4.15. The summed E-state index contributed by atoms with van der Waals surface area (Å²) in [6.07, 6.45) is 0. The summed E-state index contributed by atoms with van der Waals surface area (Å²) < 4.78 is 10.9. The van der Waals surface area contributed by atoms with Crippen LogP contribution in [-0.4, -0.2) is 17.4 Å². The van der Waals surface area contributed by atoms with Gasteiger partial charge in [0.1, 0.15) is 11.3 Å². The van der Waals surface area contributed by atoms with E-state index in [1.807, 2.05) is 44.2 Å². The second-order valence-electron chi connectivity index (χ2n) is 6.29. The van der Waals surface area contributed by atoms with Crippen molar-refractivity contribution in [2.24, 2.45) is 0 Å². The Hall–Kier alpha value is -3.34. The Morgan fingerprint density at radius 2 is 1.88 bits per heavy atom. The molecule has 130 valence electrons. The highest BCUT2D eigenvalue weighted by Gasteiger charge is 2.16. The number of carbonyl (C=O) groups is 1. The molecule has 0 bridgehead atoms. The first-order valence-corrected chi connectivity index (χ1v) is 8.31. The molecule has 0 unspecified atom stereocenters. The molecule has 0 atom stereocenters. The van der Waals surface area contributed by atoms with Gasteiger partial charge in [0.05, 0.1) is 0 Å². The molecule has 0 spiro atoms. The van der Waals surface area contributed by atoms with E-state index < -0.39 is 5.63 Å². The third-order valence-corrected chi connectivity index (χ3v) is 4.47. The van der Waals surface area contributed by atoms with Crippen LogP contribution in [0.4, 0.5) is 0 Å². The van der Waals surface area contributed by atoms with Gasteiger partial charge in [-0.1, -0.05) is 18.2 Å². The molecule has 2 aromatic heterocycles. The minimum atomic E-state index is -0.405. The number of ether oxygens (including phenoxy) is 1. The lowest BCUT2D eigenvalue weighted by Gasteiger charge is -2.07. The van der Waals surface area contributed by atoms with Crippen LogP contribution in [0.25, 0.3) is 21.9 Å². The summed E-state index contributed by atoms with van der Waals surface area (Å²) in [6.45, 7) is 3.63. The summed E-state index contributed by atoms with van der Waals surface area (Å²) in [4.78, 5) is 27.4. The third-order valence-electron chi connectivity index (χ3n) is 4.47. The number of fused-ring (bicyclic) bond motifs is 2. The van der Waals surface area contributed by atoms with Crippen molar-refractivity contribution >= 4 is 27.7 Å². The van der Waals surface area contributed by atoms with Gasteiger partial charge in [-0.15, -0.1) is 0 Å². The van der Waals surface area contributed by atoms with Crippen LogP contribution in [0.1, 0.15) is 21.6 Å². The topological polar surface area (TPSA) is 72.3 Å². The first-order valence-electron chi connectivity index (χ1n) is 8.31. The zero-order valence-electron chi connectivity index (χ0n) is 14.5. The minimum absolute atomic E-state index is 0.0930. The summed E-state index contributed by atoms with van der Waals surface area (Å²) in [6, 6.07) is 14.4. The Morgan fingerprint density at radius 3 is 2.73 bits per heavy atom. The van der Waals surface area contributed by atoms with E-state index in [1.54, 1.807) is 12.1 Å². The van der Waals surface area contributed by atoms with Crippen LogP contribution in [0.2, 0.25) is 0 Å². The Morgan fingerprint density at radius 1 is 1.08 bits per heavy atom. The van der Waals surface area contributed by atoms with Gasteiger partial charge in [0.15, 0.2) is 6.61 Å². The van der Waals surface area contributed by atoms with Crippen molar-refractivity contribution in [3.63, 3.8) is 0 Å². The highest BCUT2D eigenvalue weighted by atomic mass is 16.5. The van der Waals surface area contributed by atoms with Gasteiger partial charge >= 0.3 is 5.63 Å². The number of nitrogens with one attached hydrogen (secondary N) is 1. The van der Waals surface area contributed by atoms with Crippen molar-refractivity contribution in [2.75, 3.05) is 6.61 Å². The van der Waals surface area contributed by atoms with Crippen molar-refractivity contribution in [2.45, 2.75) is 13.8 Å². The fourth-order valence-corrected chi connectivity index (χ4v) is 3.25. The average Bonchev–Trinajstić information content (AvgIpc) is 2.95. The minimum Gasteiger partial charge on any atom is -0.485 e. The molecule has 0 aliphatic carbocycles. The Labute approximate surface area is 149 Å². The van der Waals surface area contributed by atoms with Gasteiger partial charge < -0.3 is 14.1 Å². The molecule has 0 saturated heterocycles. The molecule has 4 aromatic rings. The van der Waals surface area contributed by atoms with Crippen LogP contribution in [0, 0.1) is 13.8 Å². The Balaban J connectivity index is 1.60. The van der Waals surface area contributed by atoms with Gasteiger partial charge in [0, 0.05) is 39.7 Å². The first-order chi connectivity index (χ1) is 12.5. The molecule has 4 rings (SSSR count). The maximum Gasteiger partial charge on any atom is 0.336 e. The van der Waals surface area contributed by atoms with E-state index in [4.69, 9.17) is 9.15 Å². The molecule has 2 aromatic carbocycles. The van der Waals surface area contributed by atoms with Gasteiger partial charge in [-0.2, -0.15) is 0 Å². The summed E-state index contributed by atoms with van der Waals surface area (Å²) in [5, 5.41) is 1.73. The number of hydrogen-bond acceptors (Lipinski definition) is 4. The number of aryl methyl sites for hydroxylation is 2. The molecule has 0 amide bonds. The molecule has 1 N–H and O–H groups in total. The predicted molar refractivity (Wildman–Crippen MR) is 100 cm³/mol. The van der Waals surface area contributed by atoms with Gasteiger partial charge in [-0.05, 0) is 37.6 Å². The fourth-order valence-electron chi connectivity index (χ4n) is 3.25. The van der Waals surface area contributed by atoms with E-state index in [1.165, 1.54) is 6.07 Å². The lowest BCUT2D eigenvalue weighted by atomic mass is 10.1. The zero-order chi connectivity index (χ0) is 18.3. The monoisotopic (exact) mass is 347 g/mol. The standard InChI is InChI=1S/C21H17NO4/c1-12-9-20(24)26-19-10-14(7-8-15(12)19)25-11-18(23)21-13(2)22-17-6-4-3-5-16(17)21/h3-10,22H,11H2,1-2H3. The van der Waals surface area contributed by atoms with E-state index in [0.717, 1.165) is 27.5 Å². The highest BCUT2D eigenvalue weighted by Crippen LogP contribution is 2.24. The van der Waals surface area contributed by atoms with Crippen LogP contribution in [-0.2, 0) is 0 Å². The molecule has 0 radical (unpaired) electrons. The molecule has 0 saturated carbocycles. The van der Waals surface area contributed by atoms with E-state index in [-0.39, 0.29) is 12.4 Å². The molecular weight excluding hydrogens is 330 g/mol. The quantitative estimate of drug-likeness (QED) is 0.444. The molecule has 0 aliphatic rings. The molecule has 2 heterocycles. The largest absolute Gasteiger partial charge is 0.485 e. The molecule has 26 heavy (non-hydrogen) atoms. The van der Waals surface area contributed by atoms with Crippen molar-refractivity contribution < 1.29 is 13.9 Å². The van der Waals surface area contributed by atoms with Gasteiger partial charge in [-0.25, -0.2) is 4.79 Å².